The van der Waals surface area contributed by atoms with E-state index in [1.807, 2.05) is 18.7 Å². The molecule has 1 heterocycles. The smallest absolute Gasteiger partial charge is 0.247 e. The van der Waals surface area contributed by atoms with Crippen LogP contribution in [-0.4, -0.2) is 44.7 Å². The second-order valence-electron chi connectivity index (χ2n) is 5.52. The van der Waals surface area contributed by atoms with E-state index in [1.165, 1.54) is 19.2 Å². The first-order chi connectivity index (χ1) is 9.69. The summed E-state index contributed by atoms with van der Waals surface area (Å²) in [6.45, 7) is 5.29. The lowest BCUT2D eigenvalue weighted by Crippen LogP contribution is -2.49. The second-order valence-corrected chi connectivity index (χ2v) is 5.52. The molecule has 6 heteroatoms. The van der Waals surface area contributed by atoms with E-state index in [9.17, 15) is 4.79 Å². The minimum Gasteiger partial charge on any atom is -0.338 e. The van der Waals surface area contributed by atoms with Gasteiger partial charge in [0.15, 0.2) is 0 Å². The summed E-state index contributed by atoms with van der Waals surface area (Å²) in [5.74, 6) is 0.541. The quantitative estimate of drug-likeness (QED) is 0.878. The molecule has 1 aromatic rings. The molecule has 0 aromatic carbocycles. The van der Waals surface area contributed by atoms with E-state index in [0.717, 1.165) is 19.4 Å². The third kappa shape index (κ3) is 3.00. The molecule has 2 N–H and O–H groups in total. The van der Waals surface area contributed by atoms with Gasteiger partial charge in [0.05, 0.1) is 0 Å². The maximum atomic E-state index is 12.7. The lowest BCUT2D eigenvalue weighted by molar-refractivity contribution is -0.138. The Morgan fingerprint density at radius 2 is 2.25 bits per heavy atom. The molecule has 0 radical (unpaired) electrons. The summed E-state index contributed by atoms with van der Waals surface area (Å²) in [6, 6.07) is -0.0324. The van der Waals surface area contributed by atoms with Gasteiger partial charge in [0.25, 0.3) is 0 Å². The van der Waals surface area contributed by atoms with Crippen molar-refractivity contribution in [3.8, 4) is 0 Å². The number of rotatable bonds is 5. The van der Waals surface area contributed by atoms with Crippen LogP contribution in [0.2, 0.25) is 0 Å². The molecule has 1 saturated carbocycles. The highest BCUT2D eigenvalue weighted by atomic mass is 16.2. The van der Waals surface area contributed by atoms with Gasteiger partial charge in [-0.3, -0.25) is 4.79 Å². The van der Waals surface area contributed by atoms with E-state index in [-0.39, 0.29) is 18.0 Å². The summed E-state index contributed by atoms with van der Waals surface area (Å²) in [5.41, 5.74) is 5.89. The van der Waals surface area contributed by atoms with E-state index in [4.69, 9.17) is 5.73 Å². The largest absolute Gasteiger partial charge is 0.338 e. The van der Waals surface area contributed by atoms with Gasteiger partial charge in [-0.25, -0.2) is 9.67 Å². The summed E-state index contributed by atoms with van der Waals surface area (Å²) in [5, 5.41) is 4.07. The van der Waals surface area contributed by atoms with Crippen LogP contribution in [-0.2, 0) is 4.79 Å². The molecule has 1 aliphatic carbocycles. The summed E-state index contributed by atoms with van der Waals surface area (Å²) in [6.07, 6.45) is 7.65. The number of hydrogen-bond acceptors (Lipinski definition) is 4. The minimum absolute atomic E-state index is 0.114. The van der Waals surface area contributed by atoms with Crippen LogP contribution in [0.1, 0.15) is 45.6 Å². The molecule has 0 saturated heterocycles. The van der Waals surface area contributed by atoms with Crippen LogP contribution in [0.25, 0.3) is 0 Å². The molecular weight excluding hydrogens is 254 g/mol. The SMILES string of the molecule is CCN(C(=O)C(C)n1cncn1)C1CCCCC1CN. The molecule has 3 unspecified atom stereocenters. The van der Waals surface area contributed by atoms with Crippen LogP contribution in [0, 0.1) is 5.92 Å². The van der Waals surface area contributed by atoms with E-state index >= 15 is 0 Å². The van der Waals surface area contributed by atoms with Crippen LogP contribution in [0.5, 0.6) is 0 Å². The van der Waals surface area contributed by atoms with Crippen molar-refractivity contribution in [1.29, 1.82) is 0 Å². The lowest BCUT2D eigenvalue weighted by atomic mass is 9.83. The number of amides is 1. The van der Waals surface area contributed by atoms with Crippen molar-refractivity contribution in [3.63, 3.8) is 0 Å². The van der Waals surface area contributed by atoms with Crippen molar-refractivity contribution < 1.29 is 4.79 Å². The Morgan fingerprint density at radius 3 is 2.85 bits per heavy atom. The summed E-state index contributed by atoms with van der Waals surface area (Å²) in [7, 11) is 0. The van der Waals surface area contributed by atoms with Crippen molar-refractivity contribution in [1.82, 2.24) is 19.7 Å². The van der Waals surface area contributed by atoms with Gasteiger partial charge in [-0.15, -0.1) is 0 Å². The summed E-state index contributed by atoms with van der Waals surface area (Å²) >= 11 is 0. The Balaban J connectivity index is 2.12. The predicted octanol–water partition coefficient (Wildman–Crippen LogP) is 1.21. The minimum atomic E-state index is -0.308. The number of likely N-dealkylation sites (N-methyl/N-ethyl adjacent to an activating group) is 1. The van der Waals surface area contributed by atoms with Gasteiger partial charge in [-0.1, -0.05) is 12.8 Å². The normalized spacial score (nSPS) is 24.4. The fourth-order valence-corrected chi connectivity index (χ4v) is 3.20. The first-order valence-electron chi connectivity index (χ1n) is 7.53. The molecule has 0 bridgehead atoms. The maximum absolute atomic E-state index is 12.7. The molecular formula is C14H25N5O. The zero-order valence-corrected chi connectivity index (χ0v) is 12.4. The average Bonchev–Trinajstić information content (AvgIpc) is 3.01. The molecule has 3 atom stereocenters. The molecule has 112 valence electrons. The fraction of sp³-hybridized carbons (Fsp3) is 0.786. The number of hydrogen-bond donors (Lipinski definition) is 1. The standard InChI is InChI=1S/C14H25N5O/c1-3-18(13-7-5-4-6-12(13)8-15)14(20)11(2)19-10-16-9-17-19/h9-13H,3-8,15H2,1-2H3. The average molecular weight is 279 g/mol. The molecule has 1 fully saturated rings. The zero-order chi connectivity index (χ0) is 14.5. The first kappa shape index (κ1) is 15.0. The van der Waals surface area contributed by atoms with Crippen molar-refractivity contribution in [2.45, 2.75) is 51.6 Å². The number of aromatic nitrogens is 3. The van der Waals surface area contributed by atoms with Gasteiger partial charge in [0.1, 0.15) is 18.7 Å². The Morgan fingerprint density at radius 1 is 1.50 bits per heavy atom. The lowest BCUT2D eigenvalue weighted by Gasteiger charge is -2.40. The molecule has 1 aromatic heterocycles. The molecule has 1 amide bonds. The van der Waals surface area contributed by atoms with Crippen molar-refractivity contribution >= 4 is 5.91 Å². The Labute approximate surface area is 120 Å². The van der Waals surface area contributed by atoms with Gasteiger partial charge in [-0.05, 0) is 39.2 Å². The molecule has 0 spiro atoms. The van der Waals surface area contributed by atoms with Gasteiger partial charge in [-0.2, -0.15) is 5.10 Å². The molecule has 2 rings (SSSR count). The van der Waals surface area contributed by atoms with E-state index in [0.29, 0.717) is 12.5 Å². The number of nitrogens with two attached hydrogens (primary N) is 1. The highest BCUT2D eigenvalue weighted by Gasteiger charge is 2.33. The van der Waals surface area contributed by atoms with Gasteiger partial charge < -0.3 is 10.6 Å². The van der Waals surface area contributed by atoms with Crippen LogP contribution < -0.4 is 5.73 Å². The van der Waals surface area contributed by atoms with Crippen LogP contribution in [0.15, 0.2) is 12.7 Å². The first-order valence-corrected chi connectivity index (χ1v) is 7.53. The second kappa shape index (κ2) is 6.83. The molecule has 1 aliphatic rings. The summed E-state index contributed by atoms with van der Waals surface area (Å²) < 4.78 is 1.62. The van der Waals surface area contributed by atoms with E-state index < -0.39 is 0 Å². The number of nitrogens with zero attached hydrogens (tertiary/aromatic N) is 4. The van der Waals surface area contributed by atoms with E-state index in [1.54, 1.807) is 11.0 Å². The Hall–Kier alpha value is -1.43. The third-order valence-corrected chi connectivity index (χ3v) is 4.39. The highest BCUT2D eigenvalue weighted by Crippen LogP contribution is 2.29. The number of carbonyl (C=O) groups excluding carboxylic acids is 1. The zero-order valence-electron chi connectivity index (χ0n) is 12.4. The van der Waals surface area contributed by atoms with E-state index in [2.05, 4.69) is 10.1 Å². The van der Waals surface area contributed by atoms with Gasteiger partial charge in [0.2, 0.25) is 5.91 Å². The Bertz CT molecular complexity index is 419. The van der Waals surface area contributed by atoms with Crippen LogP contribution in [0.4, 0.5) is 0 Å². The van der Waals surface area contributed by atoms with Crippen molar-refractivity contribution in [2.75, 3.05) is 13.1 Å². The van der Waals surface area contributed by atoms with Crippen molar-refractivity contribution in [2.24, 2.45) is 11.7 Å². The fourth-order valence-electron chi connectivity index (χ4n) is 3.20. The predicted molar refractivity (Wildman–Crippen MR) is 76.9 cm³/mol. The van der Waals surface area contributed by atoms with Gasteiger partial charge in [0, 0.05) is 12.6 Å². The topological polar surface area (TPSA) is 77.0 Å². The van der Waals surface area contributed by atoms with Gasteiger partial charge >= 0.3 is 0 Å². The third-order valence-electron chi connectivity index (χ3n) is 4.39. The molecule has 0 aliphatic heterocycles. The monoisotopic (exact) mass is 279 g/mol. The molecule has 6 nitrogen and oxygen atoms in total. The molecule has 20 heavy (non-hydrogen) atoms. The Kier molecular flexibility index (Phi) is 5.11. The van der Waals surface area contributed by atoms with Crippen LogP contribution >= 0.6 is 0 Å². The van der Waals surface area contributed by atoms with Crippen molar-refractivity contribution in [3.05, 3.63) is 12.7 Å². The maximum Gasteiger partial charge on any atom is 0.247 e. The van der Waals surface area contributed by atoms with Crippen LogP contribution in [0.3, 0.4) is 0 Å². The summed E-state index contributed by atoms with van der Waals surface area (Å²) in [4.78, 5) is 18.6. The highest BCUT2D eigenvalue weighted by molar-refractivity contribution is 5.80. The number of carbonyl (C=O) groups is 1.